The Bertz CT molecular complexity index is 809. The molecule has 6 heteroatoms. The van der Waals surface area contributed by atoms with E-state index in [0.29, 0.717) is 17.9 Å². The van der Waals surface area contributed by atoms with Crippen LogP contribution in [0.1, 0.15) is 23.1 Å². The molecule has 0 radical (unpaired) electrons. The van der Waals surface area contributed by atoms with Crippen molar-refractivity contribution in [1.82, 2.24) is 10.2 Å². The molecule has 2 heterocycles. The molecule has 0 spiro atoms. The van der Waals surface area contributed by atoms with Gasteiger partial charge in [-0.2, -0.15) is 0 Å². The van der Waals surface area contributed by atoms with E-state index in [-0.39, 0.29) is 24.5 Å². The van der Waals surface area contributed by atoms with E-state index in [0.717, 1.165) is 11.3 Å². The number of aromatic nitrogens is 2. The van der Waals surface area contributed by atoms with E-state index < -0.39 is 0 Å². The number of halogens is 1. The standard InChI is InChI=1S/C17H14FN3O2/c18-13-7-3-1-6-12(13)10-19-17-21-20-16(23-17)15-9-11-5-2-4-8-14(11)22-15/h1-8,15H,9-10H2,(H,19,21). The van der Waals surface area contributed by atoms with Crippen molar-refractivity contribution in [1.29, 1.82) is 0 Å². The molecule has 0 fully saturated rings. The number of nitrogens with zero attached hydrogens (tertiary/aromatic N) is 2. The summed E-state index contributed by atoms with van der Waals surface area (Å²) in [5, 5.41) is 10.9. The molecule has 1 unspecified atom stereocenters. The summed E-state index contributed by atoms with van der Waals surface area (Å²) < 4.78 is 25.0. The van der Waals surface area contributed by atoms with Gasteiger partial charge in [0.15, 0.2) is 6.10 Å². The van der Waals surface area contributed by atoms with Crippen LogP contribution in [0.4, 0.5) is 10.4 Å². The summed E-state index contributed by atoms with van der Waals surface area (Å²) in [5.74, 6) is 0.989. The summed E-state index contributed by atoms with van der Waals surface area (Å²) in [4.78, 5) is 0. The smallest absolute Gasteiger partial charge is 0.315 e. The van der Waals surface area contributed by atoms with Crippen LogP contribution in [0.2, 0.25) is 0 Å². The number of nitrogens with one attached hydrogen (secondary N) is 1. The minimum Gasteiger partial charge on any atom is -0.480 e. The van der Waals surface area contributed by atoms with Gasteiger partial charge in [-0.15, -0.1) is 5.10 Å². The summed E-state index contributed by atoms with van der Waals surface area (Å²) in [6.07, 6.45) is 0.425. The predicted molar refractivity (Wildman–Crippen MR) is 81.5 cm³/mol. The molecular weight excluding hydrogens is 297 g/mol. The third-order valence-corrected chi connectivity index (χ3v) is 3.75. The molecule has 116 valence electrons. The molecule has 0 bridgehead atoms. The van der Waals surface area contributed by atoms with Crippen molar-refractivity contribution in [2.75, 3.05) is 5.32 Å². The maximum atomic E-state index is 13.6. The molecule has 1 aromatic heterocycles. The van der Waals surface area contributed by atoms with Crippen LogP contribution in [0, 0.1) is 5.82 Å². The van der Waals surface area contributed by atoms with Crippen molar-refractivity contribution in [2.24, 2.45) is 0 Å². The quantitative estimate of drug-likeness (QED) is 0.799. The Morgan fingerprint density at radius 3 is 2.78 bits per heavy atom. The molecule has 1 aliphatic heterocycles. The average molecular weight is 311 g/mol. The van der Waals surface area contributed by atoms with Crippen LogP contribution in [-0.2, 0) is 13.0 Å². The second-order valence-corrected chi connectivity index (χ2v) is 5.31. The van der Waals surface area contributed by atoms with Crippen LogP contribution in [-0.4, -0.2) is 10.2 Å². The number of benzene rings is 2. The Labute approximate surface area is 132 Å². The Morgan fingerprint density at radius 1 is 1.09 bits per heavy atom. The summed E-state index contributed by atoms with van der Waals surface area (Å²) >= 11 is 0. The van der Waals surface area contributed by atoms with Crippen molar-refractivity contribution in [3.63, 3.8) is 0 Å². The first-order chi connectivity index (χ1) is 11.3. The maximum absolute atomic E-state index is 13.6. The highest BCUT2D eigenvalue weighted by atomic mass is 19.1. The minimum atomic E-state index is -0.274. The van der Waals surface area contributed by atoms with Gasteiger partial charge in [0.2, 0.25) is 0 Å². The SMILES string of the molecule is Fc1ccccc1CNc1nnc(C2Cc3ccccc3O2)o1. The predicted octanol–water partition coefficient (Wildman–Crippen LogP) is 3.50. The van der Waals surface area contributed by atoms with Crippen molar-refractivity contribution >= 4 is 6.01 Å². The fourth-order valence-electron chi connectivity index (χ4n) is 2.57. The maximum Gasteiger partial charge on any atom is 0.315 e. The Hall–Kier alpha value is -2.89. The number of anilines is 1. The lowest BCUT2D eigenvalue weighted by Crippen LogP contribution is -2.03. The van der Waals surface area contributed by atoms with Crippen LogP contribution in [0.15, 0.2) is 52.9 Å². The first kappa shape index (κ1) is 13.8. The highest BCUT2D eigenvalue weighted by Gasteiger charge is 2.28. The van der Waals surface area contributed by atoms with Gasteiger partial charge in [-0.1, -0.05) is 41.5 Å². The first-order valence-electron chi connectivity index (χ1n) is 7.35. The zero-order chi connectivity index (χ0) is 15.6. The van der Waals surface area contributed by atoms with Crippen molar-refractivity contribution in [3.05, 3.63) is 71.4 Å². The Kier molecular flexibility index (Phi) is 3.42. The summed E-state index contributed by atoms with van der Waals surface area (Å²) in [5.41, 5.74) is 1.66. The Balaban J connectivity index is 1.43. The first-order valence-corrected chi connectivity index (χ1v) is 7.35. The number of fused-ring (bicyclic) bond motifs is 1. The molecule has 0 saturated carbocycles. The number of hydrogen-bond donors (Lipinski definition) is 1. The van der Waals surface area contributed by atoms with E-state index in [1.54, 1.807) is 18.2 Å². The van der Waals surface area contributed by atoms with Gasteiger partial charge in [0.1, 0.15) is 11.6 Å². The minimum absolute atomic E-state index is 0.253. The van der Waals surface area contributed by atoms with Crippen LogP contribution in [0.5, 0.6) is 5.75 Å². The van der Waals surface area contributed by atoms with Gasteiger partial charge in [0.05, 0.1) is 0 Å². The third-order valence-electron chi connectivity index (χ3n) is 3.75. The molecule has 1 N–H and O–H groups in total. The van der Waals surface area contributed by atoms with Crippen LogP contribution >= 0.6 is 0 Å². The molecule has 1 aliphatic rings. The van der Waals surface area contributed by atoms with Crippen molar-refractivity contribution in [2.45, 2.75) is 19.1 Å². The lowest BCUT2D eigenvalue weighted by Gasteiger charge is -2.05. The van der Waals surface area contributed by atoms with Gasteiger partial charge >= 0.3 is 6.01 Å². The van der Waals surface area contributed by atoms with E-state index in [2.05, 4.69) is 15.5 Å². The molecule has 0 saturated heterocycles. The highest BCUT2D eigenvalue weighted by molar-refractivity contribution is 5.38. The van der Waals surface area contributed by atoms with Gasteiger partial charge in [0, 0.05) is 18.5 Å². The van der Waals surface area contributed by atoms with Gasteiger partial charge in [0.25, 0.3) is 5.89 Å². The molecule has 23 heavy (non-hydrogen) atoms. The molecule has 2 aromatic carbocycles. The monoisotopic (exact) mass is 311 g/mol. The third kappa shape index (κ3) is 2.75. The molecular formula is C17H14FN3O2. The van der Waals surface area contributed by atoms with Crippen LogP contribution in [0.25, 0.3) is 0 Å². The number of para-hydroxylation sites is 1. The second-order valence-electron chi connectivity index (χ2n) is 5.31. The summed E-state index contributed by atoms with van der Waals surface area (Å²) in [7, 11) is 0. The van der Waals surface area contributed by atoms with E-state index in [1.165, 1.54) is 6.07 Å². The van der Waals surface area contributed by atoms with Gasteiger partial charge in [-0.05, 0) is 17.7 Å². The fourth-order valence-corrected chi connectivity index (χ4v) is 2.57. The van der Waals surface area contributed by atoms with Gasteiger partial charge in [-0.3, -0.25) is 0 Å². The number of hydrogen-bond acceptors (Lipinski definition) is 5. The lowest BCUT2D eigenvalue weighted by molar-refractivity contribution is 0.199. The van der Waals surface area contributed by atoms with Gasteiger partial charge in [-0.25, -0.2) is 4.39 Å². The van der Waals surface area contributed by atoms with E-state index >= 15 is 0 Å². The van der Waals surface area contributed by atoms with Crippen LogP contribution in [0.3, 0.4) is 0 Å². The normalized spacial score (nSPS) is 16.0. The van der Waals surface area contributed by atoms with E-state index in [9.17, 15) is 4.39 Å². The molecule has 0 amide bonds. The summed E-state index contributed by atoms with van der Waals surface area (Å²) in [6.45, 7) is 0.278. The lowest BCUT2D eigenvalue weighted by atomic mass is 10.1. The molecule has 1 atom stereocenters. The Morgan fingerprint density at radius 2 is 1.91 bits per heavy atom. The second kappa shape index (κ2) is 5.72. The number of rotatable bonds is 4. The molecule has 5 nitrogen and oxygen atoms in total. The molecule has 0 aliphatic carbocycles. The number of ether oxygens (including phenoxy) is 1. The van der Waals surface area contributed by atoms with E-state index in [4.69, 9.17) is 9.15 Å². The average Bonchev–Trinajstić information content (AvgIpc) is 3.20. The van der Waals surface area contributed by atoms with Crippen molar-refractivity contribution in [3.8, 4) is 5.75 Å². The highest BCUT2D eigenvalue weighted by Crippen LogP contribution is 2.36. The molecule has 3 aromatic rings. The topological polar surface area (TPSA) is 60.2 Å². The van der Waals surface area contributed by atoms with Gasteiger partial charge < -0.3 is 14.5 Å². The molecule has 4 rings (SSSR count). The largest absolute Gasteiger partial charge is 0.480 e. The van der Waals surface area contributed by atoms with Crippen molar-refractivity contribution < 1.29 is 13.5 Å². The zero-order valence-electron chi connectivity index (χ0n) is 12.2. The zero-order valence-corrected chi connectivity index (χ0v) is 12.2. The van der Waals surface area contributed by atoms with E-state index in [1.807, 2.05) is 24.3 Å². The van der Waals surface area contributed by atoms with Crippen LogP contribution < -0.4 is 10.1 Å². The fraction of sp³-hybridized carbons (Fsp3) is 0.176. The summed E-state index contributed by atoms with van der Waals surface area (Å²) in [6, 6.07) is 14.6.